The topological polar surface area (TPSA) is 29.1 Å². The van der Waals surface area contributed by atoms with E-state index in [1.165, 1.54) is 0 Å². The van der Waals surface area contributed by atoms with Gasteiger partial charge in [-0.3, -0.25) is 4.79 Å². The van der Waals surface area contributed by atoms with Crippen LogP contribution in [0.25, 0.3) is 0 Å². The molecule has 0 aliphatic heterocycles. The standard InChI is InChI=1S/C12H14BrNO/c1-4-9(3)14-12(15)11-7-10(13)6-5-8(11)2/h4-7,9H,1H2,2-3H3,(H,14,15). The number of hydrogen-bond acceptors (Lipinski definition) is 1. The predicted molar refractivity (Wildman–Crippen MR) is 66.0 cm³/mol. The molecular formula is C12H14BrNO. The summed E-state index contributed by atoms with van der Waals surface area (Å²) in [6, 6.07) is 5.64. The maximum Gasteiger partial charge on any atom is 0.252 e. The molecule has 0 heterocycles. The Kier molecular flexibility index (Phi) is 4.09. The Morgan fingerprint density at radius 3 is 2.87 bits per heavy atom. The Hall–Kier alpha value is -1.09. The van der Waals surface area contributed by atoms with E-state index in [0.29, 0.717) is 5.56 Å². The third kappa shape index (κ3) is 3.20. The highest BCUT2D eigenvalue weighted by Gasteiger charge is 2.10. The normalized spacial score (nSPS) is 11.9. The van der Waals surface area contributed by atoms with Crippen LogP contribution in [0.5, 0.6) is 0 Å². The number of hydrogen-bond donors (Lipinski definition) is 1. The van der Waals surface area contributed by atoms with Crippen molar-refractivity contribution >= 4 is 21.8 Å². The summed E-state index contributed by atoms with van der Waals surface area (Å²) in [5, 5.41) is 2.84. The van der Waals surface area contributed by atoms with Crippen LogP contribution < -0.4 is 5.32 Å². The van der Waals surface area contributed by atoms with Crippen molar-refractivity contribution in [3.8, 4) is 0 Å². The molecule has 1 aromatic carbocycles. The Bertz CT molecular complexity index is 387. The van der Waals surface area contributed by atoms with Crippen molar-refractivity contribution in [3.05, 3.63) is 46.5 Å². The van der Waals surface area contributed by atoms with Gasteiger partial charge in [-0.1, -0.05) is 28.1 Å². The van der Waals surface area contributed by atoms with Gasteiger partial charge in [-0.05, 0) is 31.5 Å². The largest absolute Gasteiger partial charge is 0.346 e. The molecule has 0 spiro atoms. The molecule has 0 saturated carbocycles. The fourth-order valence-corrected chi connectivity index (χ4v) is 1.54. The smallest absolute Gasteiger partial charge is 0.252 e. The number of halogens is 1. The van der Waals surface area contributed by atoms with Crippen molar-refractivity contribution in [2.24, 2.45) is 0 Å². The van der Waals surface area contributed by atoms with Gasteiger partial charge in [0.25, 0.3) is 5.91 Å². The Morgan fingerprint density at radius 1 is 1.60 bits per heavy atom. The van der Waals surface area contributed by atoms with E-state index in [2.05, 4.69) is 27.8 Å². The molecule has 1 amide bonds. The fourth-order valence-electron chi connectivity index (χ4n) is 1.18. The summed E-state index contributed by atoms with van der Waals surface area (Å²) in [6.45, 7) is 7.43. The molecule has 0 aliphatic carbocycles. The van der Waals surface area contributed by atoms with Gasteiger partial charge in [0.15, 0.2) is 0 Å². The quantitative estimate of drug-likeness (QED) is 0.839. The van der Waals surface area contributed by atoms with Crippen molar-refractivity contribution < 1.29 is 4.79 Å². The van der Waals surface area contributed by atoms with Crippen LogP contribution >= 0.6 is 15.9 Å². The van der Waals surface area contributed by atoms with Gasteiger partial charge in [0.2, 0.25) is 0 Å². The van der Waals surface area contributed by atoms with Crippen molar-refractivity contribution in [1.82, 2.24) is 5.32 Å². The highest BCUT2D eigenvalue weighted by atomic mass is 79.9. The molecule has 0 radical (unpaired) electrons. The first-order valence-electron chi connectivity index (χ1n) is 4.74. The van der Waals surface area contributed by atoms with E-state index < -0.39 is 0 Å². The summed E-state index contributed by atoms with van der Waals surface area (Å²) < 4.78 is 0.907. The van der Waals surface area contributed by atoms with E-state index in [9.17, 15) is 4.79 Å². The molecule has 1 aromatic rings. The highest BCUT2D eigenvalue weighted by Crippen LogP contribution is 2.16. The van der Waals surface area contributed by atoms with E-state index in [1.54, 1.807) is 6.08 Å². The van der Waals surface area contributed by atoms with E-state index in [4.69, 9.17) is 0 Å². The molecule has 0 aromatic heterocycles. The molecule has 0 bridgehead atoms. The lowest BCUT2D eigenvalue weighted by atomic mass is 10.1. The Labute approximate surface area is 98.5 Å². The predicted octanol–water partition coefficient (Wildman–Crippen LogP) is 3.06. The number of carbonyl (C=O) groups is 1. The van der Waals surface area contributed by atoms with Crippen LogP contribution in [-0.2, 0) is 0 Å². The van der Waals surface area contributed by atoms with Crippen LogP contribution in [0.15, 0.2) is 35.3 Å². The van der Waals surface area contributed by atoms with Crippen molar-refractivity contribution in [3.63, 3.8) is 0 Å². The van der Waals surface area contributed by atoms with Crippen molar-refractivity contribution in [1.29, 1.82) is 0 Å². The van der Waals surface area contributed by atoms with Gasteiger partial charge in [0.1, 0.15) is 0 Å². The molecule has 1 atom stereocenters. The monoisotopic (exact) mass is 267 g/mol. The second-order valence-electron chi connectivity index (χ2n) is 3.46. The average Bonchev–Trinajstić information content (AvgIpc) is 2.21. The second kappa shape index (κ2) is 5.12. The number of aryl methyl sites for hydroxylation is 1. The minimum Gasteiger partial charge on any atom is -0.346 e. The third-order valence-corrected chi connectivity index (χ3v) is 2.65. The molecule has 1 unspecified atom stereocenters. The number of carbonyl (C=O) groups excluding carboxylic acids is 1. The molecule has 1 rings (SSSR count). The molecule has 2 nitrogen and oxygen atoms in total. The van der Waals surface area contributed by atoms with Gasteiger partial charge in [0.05, 0.1) is 0 Å². The number of benzene rings is 1. The van der Waals surface area contributed by atoms with E-state index in [-0.39, 0.29) is 11.9 Å². The van der Waals surface area contributed by atoms with Gasteiger partial charge in [-0.25, -0.2) is 0 Å². The number of amides is 1. The zero-order valence-electron chi connectivity index (χ0n) is 8.88. The molecule has 80 valence electrons. The van der Waals surface area contributed by atoms with Crippen LogP contribution in [0.3, 0.4) is 0 Å². The second-order valence-corrected chi connectivity index (χ2v) is 4.37. The summed E-state index contributed by atoms with van der Waals surface area (Å²) in [5.41, 5.74) is 1.66. The molecule has 15 heavy (non-hydrogen) atoms. The highest BCUT2D eigenvalue weighted by molar-refractivity contribution is 9.10. The number of rotatable bonds is 3. The summed E-state index contributed by atoms with van der Waals surface area (Å²) in [5.74, 6) is -0.0683. The molecule has 0 saturated heterocycles. The fraction of sp³-hybridized carbons (Fsp3) is 0.250. The van der Waals surface area contributed by atoms with Gasteiger partial charge in [-0.2, -0.15) is 0 Å². The average molecular weight is 268 g/mol. The summed E-state index contributed by atoms with van der Waals surface area (Å²) in [7, 11) is 0. The maximum atomic E-state index is 11.8. The summed E-state index contributed by atoms with van der Waals surface area (Å²) >= 11 is 3.35. The molecule has 0 fully saturated rings. The van der Waals surface area contributed by atoms with Crippen LogP contribution in [0.1, 0.15) is 22.8 Å². The Balaban J connectivity index is 2.90. The summed E-state index contributed by atoms with van der Waals surface area (Å²) in [6.07, 6.45) is 1.70. The van der Waals surface area contributed by atoms with Gasteiger partial charge < -0.3 is 5.32 Å². The minimum absolute atomic E-state index is 0.0177. The molecular weight excluding hydrogens is 254 g/mol. The zero-order valence-corrected chi connectivity index (χ0v) is 10.5. The van der Waals surface area contributed by atoms with E-state index >= 15 is 0 Å². The van der Waals surface area contributed by atoms with Crippen LogP contribution in [0.4, 0.5) is 0 Å². The van der Waals surface area contributed by atoms with Crippen LogP contribution in [0.2, 0.25) is 0 Å². The molecule has 3 heteroatoms. The van der Waals surface area contributed by atoms with Gasteiger partial charge in [-0.15, -0.1) is 6.58 Å². The van der Waals surface area contributed by atoms with Gasteiger partial charge in [0, 0.05) is 16.1 Å². The van der Waals surface area contributed by atoms with Crippen LogP contribution in [0, 0.1) is 6.92 Å². The molecule has 0 aliphatic rings. The Morgan fingerprint density at radius 2 is 2.27 bits per heavy atom. The van der Waals surface area contributed by atoms with Crippen molar-refractivity contribution in [2.75, 3.05) is 0 Å². The van der Waals surface area contributed by atoms with E-state index in [0.717, 1.165) is 10.0 Å². The lowest BCUT2D eigenvalue weighted by molar-refractivity contribution is 0.0946. The lowest BCUT2D eigenvalue weighted by Gasteiger charge is -2.11. The summed E-state index contributed by atoms with van der Waals surface area (Å²) in [4.78, 5) is 11.8. The SMILES string of the molecule is C=CC(C)NC(=O)c1cc(Br)ccc1C. The zero-order chi connectivity index (χ0) is 11.4. The van der Waals surface area contributed by atoms with Crippen LogP contribution in [-0.4, -0.2) is 11.9 Å². The van der Waals surface area contributed by atoms with E-state index in [1.807, 2.05) is 32.0 Å². The first kappa shape index (κ1) is 12.0. The van der Waals surface area contributed by atoms with Crippen molar-refractivity contribution in [2.45, 2.75) is 19.9 Å². The van der Waals surface area contributed by atoms with Gasteiger partial charge >= 0.3 is 0 Å². The first-order valence-corrected chi connectivity index (χ1v) is 5.53. The third-order valence-electron chi connectivity index (χ3n) is 2.16. The maximum absolute atomic E-state index is 11.8. The lowest BCUT2D eigenvalue weighted by Crippen LogP contribution is -2.31. The molecule has 1 N–H and O–H groups in total. The minimum atomic E-state index is -0.0683. The number of nitrogens with one attached hydrogen (secondary N) is 1. The first-order chi connectivity index (χ1) is 7.04.